The number of amides is 1. The first-order valence-corrected chi connectivity index (χ1v) is 6.77. The zero-order valence-corrected chi connectivity index (χ0v) is 11.8. The largest absolute Gasteiger partial charge is 0.319 e. The molecule has 0 spiro atoms. The van der Waals surface area contributed by atoms with Crippen molar-refractivity contribution in [2.24, 2.45) is 0 Å². The summed E-state index contributed by atoms with van der Waals surface area (Å²) in [7, 11) is 0. The molecule has 3 rings (SSSR count). The Labute approximate surface area is 130 Å². The lowest BCUT2D eigenvalue weighted by Crippen LogP contribution is -2.12. The summed E-state index contributed by atoms with van der Waals surface area (Å²) in [5.41, 5.74) is 1.40. The van der Waals surface area contributed by atoms with E-state index in [-0.39, 0.29) is 11.7 Å². The molecular formula is C17H11F2N3O. The number of hydrogen-bond donors (Lipinski definition) is 1. The Morgan fingerprint density at radius 2 is 1.35 bits per heavy atom. The molecule has 114 valence electrons. The van der Waals surface area contributed by atoms with E-state index in [1.165, 1.54) is 48.8 Å². The predicted octanol–water partition coefficient (Wildman–Crippen LogP) is 3.67. The standard InChI is InChI=1S/C17H11F2N3O/c18-13-5-1-11(2-6-13)16-20-9-15(10-21-16)22-17(23)12-3-7-14(19)8-4-12/h1-10H,(H,22,23). The molecule has 2 aromatic carbocycles. The first-order chi connectivity index (χ1) is 11.1. The van der Waals surface area contributed by atoms with Crippen LogP contribution in [0.5, 0.6) is 0 Å². The van der Waals surface area contributed by atoms with Crippen LogP contribution in [0.1, 0.15) is 10.4 Å². The number of carbonyl (C=O) groups is 1. The third-order valence-electron chi connectivity index (χ3n) is 3.12. The van der Waals surface area contributed by atoms with E-state index in [1.807, 2.05) is 0 Å². The third kappa shape index (κ3) is 3.55. The van der Waals surface area contributed by atoms with E-state index >= 15 is 0 Å². The number of carbonyl (C=O) groups excluding carboxylic acids is 1. The Kier molecular flexibility index (Phi) is 4.05. The van der Waals surface area contributed by atoms with Gasteiger partial charge in [-0.2, -0.15) is 0 Å². The van der Waals surface area contributed by atoms with Gasteiger partial charge in [-0.1, -0.05) is 0 Å². The van der Waals surface area contributed by atoms with Crippen LogP contribution < -0.4 is 5.32 Å². The Morgan fingerprint density at radius 3 is 1.91 bits per heavy atom. The normalized spacial score (nSPS) is 10.3. The molecule has 23 heavy (non-hydrogen) atoms. The third-order valence-corrected chi connectivity index (χ3v) is 3.12. The quantitative estimate of drug-likeness (QED) is 0.803. The molecule has 1 N–H and O–H groups in total. The van der Waals surface area contributed by atoms with Crippen LogP contribution in [0.4, 0.5) is 14.5 Å². The minimum absolute atomic E-state index is 0.328. The fourth-order valence-electron chi connectivity index (χ4n) is 1.95. The number of nitrogens with one attached hydrogen (secondary N) is 1. The van der Waals surface area contributed by atoms with Gasteiger partial charge in [0.25, 0.3) is 5.91 Å². The molecule has 0 unspecified atom stereocenters. The van der Waals surface area contributed by atoms with Crippen molar-refractivity contribution in [1.82, 2.24) is 9.97 Å². The van der Waals surface area contributed by atoms with Gasteiger partial charge in [0.05, 0.1) is 18.1 Å². The molecule has 0 bridgehead atoms. The molecule has 0 fully saturated rings. The van der Waals surface area contributed by atoms with Gasteiger partial charge < -0.3 is 5.32 Å². The van der Waals surface area contributed by atoms with Crippen LogP contribution in [0.15, 0.2) is 60.9 Å². The van der Waals surface area contributed by atoms with Crippen molar-refractivity contribution >= 4 is 11.6 Å². The summed E-state index contributed by atoms with van der Waals surface area (Å²) in [5, 5.41) is 2.62. The molecule has 1 heterocycles. The molecule has 0 atom stereocenters. The van der Waals surface area contributed by atoms with Crippen molar-refractivity contribution in [1.29, 1.82) is 0 Å². The van der Waals surface area contributed by atoms with Crippen molar-refractivity contribution in [2.45, 2.75) is 0 Å². The van der Waals surface area contributed by atoms with Gasteiger partial charge in [-0.25, -0.2) is 18.7 Å². The van der Waals surface area contributed by atoms with Gasteiger partial charge in [0.2, 0.25) is 0 Å². The van der Waals surface area contributed by atoms with Crippen molar-refractivity contribution < 1.29 is 13.6 Å². The molecule has 0 saturated heterocycles. The number of nitrogens with zero attached hydrogens (tertiary/aromatic N) is 2. The molecule has 3 aromatic rings. The summed E-state index contributed by atoms with van der Waals surface area (Å²) in [6, 6.07) is 11.0. The average molecular weight is 311 g/mol. The van der Waals surface area contributed by atoms with E-state index in [0.717, 1.165) is 0 Å². The number of halogens is 2. The van der Waals surface area contributed by atoms with E-state index in [4.69, 9.17) is 0 Å². The van der Waals surface area contributed by atoms with Crippen LogP contribution >= 0.6 is 0 Å². The van der Waals surface area contributed by atoms with Gasteiger partial charge in [0.1, 0.15) is 11.6 Å². The fraction of sp³-hybridized carbons (Fsp3) is 0. The molecule has 0 aliphatic rings. The van der Waals surface area contributed by atoms with Crippen LogP contribution in [0.2, 0.25) is 0 Å². The van der Waals surface area contributed by atoms with E-state index < -0.39 is 5.82 Å². The monoisotopic (exact) mass is 311 g/mol. The maximum atomic E-state index is 12.9. The number of benzene rings is 2. The predicted molar refractivity (Wildman–Crippen MR) is 81.8 cm³/mol. The second-order valence-electron chi connectivity index (χ2n) is 4.76. The number of anilines is 1. The van der Waals surface area contributed by atoms with E-state index in [2.05, 4.69) is 15.3 Å². The van der Waals surface area contributed by atoms with E-state index in [9.17, 15) is 13.6 Å². The van der Waals surface area contributed by atoms with Crippen LogP contribution in [0, 0.1) is 11.6 Å². The average Bonchev–Trinajstić information content (AvgIpc) is 2.57. The summed E-state index contributed by atoms with van der Waals surface area (Å²) >= 11 is 0. The minimum Gasteiger partial charge on any atom is -0.319 e. The summed E-state index contributed by atoms with van der Waals surface area (Å²) < 4.78 is 25.7. The molecular weight excluding hydrogens is 300 g/mol. The van der Waals surface area contributed by atoms with Gasteiger partial charge in [-0.3, -0.25) is 4.79 Å². The van der Waals surface area contributed by atoms with Gasteiger partial charge >= 0.3 is 0 Å². The lowest BCUT2D eigenvalue weighted by Gasteiger charge is -2.05. The highest BCUT2D eigenvalue weighted by molar-refractivity contribution is 6.04. The second-order valence-corrected chi connectivity index (χ2v) is 4.76. The Morgan fingerprint density at radius 1 is 0.826 bits per heavy atom. The summed E-state index contributed by atoms with van der Waals surface area (Å²) in [5.74, 6) is -0.710. The Bertz CT molecular complexity index is 816. The van der Waals surface area contributed by atoms with E-state index in [1.54, 1.807) is 12.1 Å². The van der Waals surface area contributed by atoms with Crippen molar-refractivity contribution in [3.05, 3.63) is 78.1 Å². The number of aromatic nitrogens is 2. The molecule has 1 amide bonds. The molecule has 6 heteroatoms. The summed E-state index contributed by atoms with van der Waals surface area (Å²) in [6.45, 7) is 0. The van der Waals surface area contributed by atoms with Crippen LogP contribution in [0.3, 0.4) is 0 Å². The molecule has 1 aromatic heterocycles. The molecule has 0 saturated carbocycles. The Hall–Kier alpha value is -3.15. The zero-order valence-electron chi connectivity index (χ0n) is 11.8. The lowest BCUT2D eigenvalue weighted by atomic mass is 10.2. The van der Waals surface area contributed by atoms with Crippen molar-refractivity contribution in [3.63, 3.8) is 0 Å². The summed E-state index contributed by atoms with van der Waals surface area (Å²) in [4.78, 5) is 20.2. The summed E-state index contributed by atoms with van der Waals surface area (Å²) in [6.07, 6.45) is 2.90. The molecule has 0 aliphatic carbocycles. The molecule has 0 radical (unpaired) electrons. The zero-order chi connectivity index (χ0) is 16.2. The highest BCUT2D eigenvalue weighted by atomic mass is 19.1. The van der Waals surface area contributed by atoms with Gasteiger partial charge in [0.15, 0.2) is 5.82 Å². The second kappa shape index (κ2) is 6.31. The fourth-order valence-corrected chi connectivity index (χ4v) is 1.95. The maximum Gasteiger partial charge on any atom is 0.255 e. The highest BCUT2D eigenvalue weighted by Crippen LogP contribution is 2.16. The minimum atomic E-state index is -0.409. The maximum absolute atomic E-state index is 12.9. The first-order valence-electron chi connectivity index (χ1n) is 6.77. The van der Waals surface area contributed by atoms with Crippen molar-refractivity contribution in [2.75, 3.05) is 5.32 Å². The lowest BCUT2D eigenvalue weighted by molar-refractivity contribution is 0.102. The highest BCUT2D eigenvalue weighted by Gasteiger charge is 2.07. The van der Waals surface area contributed by atoms with Crippen LogP contribution in [-0.4, -0.2) is 15.9 Å². The van der Waals surface area contributed by atoms with Crippen LogP contribution in [-0.2, 0) is 0 Å². The molecule has 0 aliphatic heterocycles. The smallest absolute Gasteiger partial charge is 0.255 e. The Balaban J connectivity index is 1.73. The van der Waals surface area contributed by atoms with Gasteiger partial charge in [0, 0.05) is 11.1 Å². The SMILES string of the molecule is O=C(Nc1cnc(-c2ccc(F)cc2)nc1)c1ccc(F)cc1. The topological polar surface area (TPSA) is 54.9 Å². The number of rotatable bonds is 3. The van der Waals surface area contributed by atoms with E-state index in [0.29, 0.717) is 22.6 Å². The molecule has 4 nitrogen and oxygen atoms in total. The number of hydrogen-bond acceptors (Lipinski definition) is 3. The van der Waals surface area contributed by atoms with Crippen LogP contribution in [0.25, 0.3) is 11.4 Å². The first kappa shape index (κ1) is 14.8. The van der Waals surface area contributed by atoms with Gasteiger partial charge in [-0.15, -0.1) is 0 Å². The van der Waals surface area contributed by atoms with Gasteiger partial charge in [-0.05, 0) is 48.5 Å². The van der Waals surface area contributed by atoms with Crippen molar-refractivity contribution in [3.8, 4) is 11.4 Å².